The Bertz CT molecular complexity index is 1160. The molecule has 1 aliphatic heterocycles. The first kappa shape index (κ1) is 22.3. The largest absolute Gasteiger partial charge is 0.477 e. The summed E-state index contributed by atoms with van der Waals surface area (Å²) >= 11 is 0. The Kier molecular flexibility index (Phi) is 5.95. The van der Waals surface area contributed by atoms with Gasteiger partial charge >= 0.3 is 5.97 Å². The Morgan fingerprint density at radius 1 is 1.38 bits per heavy atom. The molecule has 1 aliphatic carbocycles. The summed E-state index contributed by atoms with van der Waals surface area (Å²) in [5.41, 5.74) is 0.393. The first-order valence-electron chi connectivity index (χ1n) is 11.2. The molecule has 1 aromatic carbocycles. The fourth-order valence-corrected chi connectivity index (χ4v) is 5.21. The van der Waals surface area contributed by atoms with Gasteiger partial charge in [0.2, 0.25) is 5.43 Å². The number of aryl methyl sites for hydroxylation is 1. The zero-order valence-corrected chi connectivity index (χ0v) is 18.8. The first-order chi connectivity index (χ1) is 15.3. The highest BCUT2D eigenvalue weighted by molar-refractivity contribution is 5.99. The van der Waals surface area contributed by atoms with Gasteiger partial charge in [-0.1, -0.05) is 6.92 Å². The molecule has 2 aliphatic rings. The number of carboxylic acids is 1. The van der Waals surface area contributed by atoms with E-state index in [-0.39, 0.29) is 23.0 Å². The Balaban J connectivity index is 1.78. The zero-order valence-electron chi connectivity index (χ0n) is 18.8. The maximum Gasteiger partial charge on any atom is 0.343 e. The molecule has 170 valence electrons. The van der Waals surface area contributed by atoms with Crippen LogP contribution in [-0.4, -0.2) is 53.3 Å². The molecule has 4 rings (SSSR count). The van der Waals surface area contributed by atoms with Crippen molar-refractivity contribution in [1.82, 2.24) is 9.47 Å². The molecule has 1 N–H and O–H groups in total. The lowest BCUT2D eigenvalue weighted by molar-refractivity contribution is 0.0694. The highest BCUT2D eigenvalue weighted by Crippen LogP contribution is 2.44. The van der Waals surface area contributed by atoms with E-state index in [1.54, 1.807) is 6.92 Å². The van der Waals surface area contributed by atoms with E-state index in [2.05, 4.69) is 17.9 Å². The number of benzene rings is 1. The highest BCUT2D eigenvalue weighted by atomic mass is 19.1. The number of hydrogen-bond acceptors (Lipinski definition) is 5. The topological polar surface area (TPSA) is 89.6 Å². The van der Waals surface area contributed by atoms with Gasteiger partial charge in [-0.25, -0.2) is 9.18 Å². The number of aromatic carboxylic acids is 1. The van der Waals surface area contributed by atoms with Gasteiger partial charge < -0.3 is 19.5 Å². The molecule has 32 heavy (non-hydrogen) atoms. The lowest BCUT2D eigenvalue weighted by Crippen LogP contribution is -2.57. The van der Waals surface area contributed by atoms with E-state index in [1.807, 2.05) is 16.5 Å². The summed E-state index contributed by atoms with van der Waals surface area (Å²) in [5.74, 6) is -1.03. The molecule has 1 saturated heterocycles. The van der Waals surface area contributed by atoms with Crippen LogP contribution in [0.4, 0.5) is 10.2 Å². The average Bonchev–Trinajstić information content (AvgIpc) is 3.53. The third-order valence-electron chi connectivity index (χ3n) is 6.87. The van der Waals surface area contributed by atoms with Crippen LogP contribution in [0, 0.1) is 30.0 Å². The minimum Gasteiger partial charge on any atom is -0.477 e. The summed E-state index contributed by atoms with van der Waals surface area (Å²) in [7, 11) is 2.02. The van der Waals surface area contributed by atoms with Crippen molar-refractivity contribution in [2.75, 3.05) is 31.6 Å². The van der Waals surface area contributed by atoms with Gasteiger partial charge in [0.05, 0.1) is 11.6 Å². The second-order valence-corrected chi connectivity index (χ2v) is 9.08. The van der Waals surface area contributed by atoms with E-state index < -0.39 is 17.2 Å². The number of aromatic nitrogens is 1. The van der Waals surface area contributed by atoms with Gasteiger partial charge in [0.1, 0.15) is 17.2 Å². The van der Waals surface area contributed by atoms with Crippen LogP contribution in [0.25, 0.3) is 10.9 Å². The molecule has 2 heterocycles. The van der Waals surface area contributed by atoms with Crippen LogP contribution in [0.15, 0.2) is 16.9 Å². The lowest BCUT2D eigenvalue weighted by atomic mass is 9.88. The van der Waals surface area contributed by atoms with Gasteiger partial charge in [-0.15, -0.1) is 0 Å². The Morgan fingerprint density at radius 3 is 2.62 bits per heavy atom. The molecule has 1 atom stereocenters. The average molecular weight is 441 g/mol. The number of anilines is 1. The van der Waals surface area contributed by atoms with Crippen molar-refractivity contribution in [2.45, 2.75) is 51.6 Å². The van der Waals surface area contributed by atoms with E-state index in [1.165, 1.54) is 6.07 Å². The molecule has 1 unspecified atom stereocenters. The number of carbonyl (C=O) groups is 1. The van der Waals surface area contributed by atoms with Crippen molar-refractivity contribution >= 4 is 22.7 Å². The monoisotopic (exact) mass is 440 g/mol. The molecule has 1 aromatic heterocycles. The fourth-order valence-electron chi connectivity index (χ4n) is 5.21. The second-order valence-electron chi connectivity index (χ2n) is 9.08. The zero-order chi connectivity index (χ0) is 23.2. The van der Waals surface area contributed by atoms with E-state index in [0.29, 0.717) is 48.9 Å². The number of hydrogen-bond donors (Lipinski definition) is 1. The minimum atomic E-state index is -1.27. The number of pyridine rings is 1. The fraction of sp³-hybridized carbons (Fsp3) is 0.542. The molecule has 1 saturated carbocycles. The van der Waals surface area contributed by atoms with E-state index in [0.717, 1.165) is 25.3 Å². The maximum absolute atomic E-state index is 14.1. The molecule has 0 spiro atoms. The Labute approximate surface area is 186 Å². The number of fused-ring (bicyclic) bond motifs is 1. The smallest absolute Gasteiger partial charge is 0.343 e. The Hall–Kier alpha value is -2.92. The van der Waals surface area contributed by atoms with Crippen LogP contribution in [0.2, 0.25) is 0 Å². The van der Waals surface area contributed by atoms with Crippen LogP contribution in [0.1, 0.15) is 54.6 Å². The number of rotatable bonds is 8. The predicted molar refractivity (Wildman–Crippen MR) is 121 cm³/mol. The normalized spacial score (nSPS) is 17.4. The van der Waals surface area contributed by atoms with Crippen molar-refractivity contribution in [3.8, 4) is 6.07 Å². The van der Waals surface area contributed by atoms with Crippen LogP contribution >= 0.6 is 0 Å². The number of carboxylic acid groups (broad SMARTS) is 1. The van der Waals surface area contributed by atoms with Gasteiger partial charge in [0.25, 0.3) is 0 Å². The SMILES string of the molecule is CCC(C1CN(c2c(C(=O)O)c(=O)c3cc(F)cc(C)c3n2C2CC2)C1)N(C)CCC#N. The van der Waals surface area contributed by atoms with Gasteiger partial charge in [-0.3, -0.25) is 4.79 Å². The van der Waals surface area contributed by atoms with E-state index in [9.17, 15) is 19.1 Å². The van der Waals surface area contributed by atoms with Crippen LogP contribution in [0.5, 0.6) is 0 Å². The molecule has 7 nitrogen and oxygen atoms in total. The van der Waals surface area contributed by atoms with E-state index >= 15 is 0 Å². The summed E-state index contributed by atoms with van der Waals surface area (Å²) in [6.07, 6.45) is 3.21. The van der Waals surface area contributed by atoms with Gasteiger partial charge in [0, 0.05) is 49.4 Å². The summed E-state index contributed by atoms with van der Waals surface area (Å²) in [4.78, 5) is 29.6. The third-order valence-corrected chi connectivity index (χ3v) is 6.87. The van der Waals surface area contributed by atoms with Crippen LogP contribution in [-0.2, 0) is 0 Å². The Morgan fingerprint density at radius 2 is 2.06 bits per heavy atom. The summed E-state index contributed by atoms with van der Waals surface area (Å²) in [6, 6.07) is 5.15. The standard InChI is InChI=1S/C24H29FN4O3/c1-4-19(27(3)9-5-8-26)15-12-28(13-15)23-20(24(31)32)22(30)18-11-16(25)10-14(2)21(18)29(23)17-6-7-17/h10-11,15,17,19H,4-7,9,12-13H2,1-3H3,(H,31,32). The van der Waals surface area contributed by atoms with Crippen LogP contribution < -0.4 is 10.3 Å². The third kappa shape index (κ3) is 3.75. The summed E-state index contributed by atoms with van der Waals surface area (Å²) in [5, 5.41) is 19.0. The molecular formula is C24H29FN4O3. The van der Waals surface area contributed by atoms with Crippen LogP contribution in [0.3, 0.4) is 0 Å². The minimum absolute atomic E-state index is 0.120. The molecule has 2 fully saturated rings. The molecule has 2 aromatic rings. The lowest BCUT2D eigenvalue weighted by Gasteiger charge is -2.48. The maximum atomic E-state index is 14.1. The highest BCUT2D eigenvalue weighted by Gasteiger charge is 2.41. The van der Waals surface area contributed by atoms with Gasteiger partial charge in [-0.2, -0.15) is 5.26 Å². The van der Waals surface area contributed by atoms with Crippen molar-refractivity contribution in [3.05, 3.63) is 39.3 Å². The number of nitrogens with zero attached hydrogens (tertiary/aromatic N) is 4. The van der Waals surface area contributed by atoms with Crippen molar-refractivity contribution in [2.24, 2.45) is 5.92 Å². The molecule has 0 bridgehead atoms. The second kappa shape index (κ2) is 8.55. The van der Waals surface area contributed by atoms with Gasteiger partial charge in [0.15, 0.2) is 0 Å². The van der Waals surface area contributed by atoms with Crippen molar-refractivity contribution in [3.63, 3.8) is 0 Å². The molecule has 0 amide bonds. The molecular weight excluding hydrogens is 411 g/mol. The molecule has 8 heteroatoms. The quantitative estimate of drug-likeness (QED) is 0.675. The van der Waals surface area contributed by atoms with Crippen molar-refractivity contribution in [1.29, 1.82) is 5.26 Å². The summed E-state index contributed by atoms with van der Waals surface area (Å²) < 4.78 is 16.1. The van der Waals surface area contributed by atoms with Crippen molar-refractivity contribution < 1.29 is 14.3 Å². The van der Waals surface area contributed by atoms with E-state index in [4.69, 9.17) is 5.26 Å². The molecule has 0 radical (unpaired) electrons. The summed E-state index contributed by atoms with van der Waals surface area (Å²) in [6.45, 7) is 5.87. The first-order valence-corrected chi connectivity index (χ1v) is 11.2. The van der Waals surface area contributed by atoms with Gasteiger partial charge in [-0.05, 0) is 50.9 Å². The number of halogens is 1. The predicted octanol–water partition coefficient (Wildman–Crippen LogP) is 3.54. The number of nitriles is 1.